The topological polar surface area (TPSA) is 40.5 Å². The molecule has 2 nitrogen and oxygen atoms in total. The Morgan fingerprint density at radius 2 is 2.00 bits per heavy atom. The monoisotopic (exact) mass is 168 g/mol. The van der Waals surface area contributed by atoms with Crippen molar-refractivity contribution in [1.29, 1.82) is 0 Å². The Balaban J connectivity index is 2.98. The van der Waals surface area contributed by atoms with Gasteiger partial charge in [-0.1, -0.05) is 39.0 Å². The van der Waals surface area contributed by atoms with Gasteiger partial charge in [-0.25, -0.2) is 0 Å². The van der Waals surface area contributed by atoms with Crippen molar-refractivity contribution in [3.63, 3.8) is 0 Å². The predicted octanol–water partition coefficient (Wildman–Crippen LogP) is 1.46. The molecular formula is C10H16O2. The van der Waals surface area contributed by atoms with Crippen molar-refractivity contribution in [3.8, 4) is 0 Å². The molecule has 0 aromatic rings. The van der Waals surface area contributed by atoms with Crippen LogP contribution in [-0.4, -0.2) is 16.5 Å². The number of aliphatic hydroxyl groups is 2. The van der Waals surface area contributed by atoms with Gasteiger partial charge in [0.15, 0.2) is 6.29 Å². The van der Waals surface area contributed by atoms with Gasteiger partial charge < -0.3 is 10.2 Å². The van der Waals surface area contributed by atoms with Gasteiger partial charge in [0.2, 0.25) is 0 Å². The summed E-state index contributed by atoms with van der Waals surface area (Å²) in [6.07, 6.45) is 4.41. The number of hydrogen-bond donors (Lipinski definition) is 2. The van der Waals surface area contributed by atoms with E-state index in [0.29, 0.717) is 11.5 Å². The van der Waals surface area contributed by atoms with Gasteiger partial charge in [0.25, 0.3) is 0 Å². The van der Waals surface area contributed by atoms with E-state index in [1.165, 1.54) is 0 Å². The van der Waals surface area contributed by atoms with Crippen molar-refractivity contribution < 1.29 is 10.2 Å². The number of hydrogen-bond acceptors (Lipinski definition) is 2. The fourth-order valence-corrected chi connectivity index (χ4v) is 1.46. The Morgan fingerprint density at radius 1 is 1.42 bits per heavy atom. The first kappa shape index (κ1) is 9.49. The van der Waals surface area contributed by atoms with Crippen molar-refractivity contribution in [1.82, 2.24) is 0 Å². The van der Waals surface area contributed by atoms with E-state index in [1.807, 2.05) is 19.9 Å². The highest BCUT2D eigenvalue weighted by atomic mass is 16.5. The maximum Gasteiger partial charge on any atom is 0.175 e. The molecule has 0 aliphatic heterocycles. The van der Waals surface area contributed by atoms with Crippen LogP contribution in [0.5, 0.6) is 0 Å². The first-order valence-corrected chi connectivity index (χ1v) is 4.21. The molecule has 2 N–H and O–H groups in total. The lowest BCUT2D eigenvalue weighted by Crippen LogP contribution is -2.31. The summed E-state index contributed by atoms with van der Waals surface area (Å²) in [7, 11) is 0. The van der Waals surface area contributed by atoms with Gasteiger partial charge in [-0.15, -0.1) is 0 Å². The molecule has 0 saturated heterocycles. The van der Waals surface area contributed by atoms with Crippen LogP contribution in [0.2, 0.25) is 0 Å². The second-order valence-corrected chi connectivity index (χ2v) is 3.89. The summed E-state index contributed by atoms with van der Waals surface area (Å²) in [6, 6.07) is 0. The van der Waals surface area contributed by atoms with Gasteiger partial charge in [-0.05, 0) is 16.9 Å². The highest BCUT2D eigenvalue weighted by Crippen LogP contribution is 2.39. The molecule has 0 saturated carbocycles. The van der Waals surface area contributed by atoms with E-state index in [2.05, 4.69) is 13.0 Å². The van der Waals surface area contributed by atoms with Crippen LogP contribution in [0.1, 0.15) is 20.8 Å². The molecule has 68 valence electrons. The second kappa shape index (κ2) is 3.04. The molecule has 1 aliphatic rings. The summed E-state index contributed by atoms with van der Waals surface area (Å²) in [5.74, 6) is 0.347. The zero-order valence-corrected chi connectivity index (χ0v) is 7.78. The molecule has 0 fully saturated rings. The summed E-state index contributed by atoms with van der Waals surface area (Å²) in [5, 5.41) is 18.2. The van der Waals surface area contributed by atoms with E-state index in [0.717, 1.165) is 0 Å². The van der Waals surface area contributed by atoms with Crippen LogP contribution in [0.3, 0.4) is 0 Å². The molecule has 1 unspecified atom stereocenters. The lowest BCUT2D eigenvalue weighted by molar-refractivity contribution is -0.0253. The van der Waals surface area contributed by atoms with Crippen LogP contribution < -0.4 is 0 Å². The molecule has 0 aromatic heterocycles. The molecular weight excluding hydrogens is 152 g/mol. The van der Waals surface area contributed by atoms with Gasteiger partial charge in [0.05, 0.1) is 0 Å². The smallest absolute Gasteiger partial charge is 0.175 e. The van der Waals surface area contributed by atoms with Gasteiger partial charge in [-0.2, -0.15) is 0 Å². The second-order valence-electron chi connectivity index (χ2n) is 3.89. The number of allylic oxidation sites excluding steroid dienone is 3. The third-order valence-electron chi connectivity index (χ3n) is 2.84. The van der Waals surface area contributed by atoms with Crippen molar-refractivity contribution in [2.24, 2.45) is 11.3 Å². The van der Waals surface area contributed by atoms with Crippen LogP contribution in [-0.2, 0) is 0 Å². The molecule has 0 bridgehead atoms. The normalized spacial score (nSPS) is 27.5. The average molecular weight is 168 g/mol. The molecule has 1 atom stereocenters. The van der Waals surface area contributed by atoms with Crippen molar-refractivity contribution in [2.45, 2.75) is 27.1 Å². The SMILES string of the molecule is CC1C=CC=C(C(O)O)C1(C)C. The first-order chi connectivity index (χ1) is 5.46. The zero-order chi connectivity index (χ0) is 9.35. The lowest BCUT2D eigenvalue weighted by Gasteiger charge is -2.35. The molecule has 0 radical (unpaired) electrons. The lowest BCUT2D eigenvalue weighted by atomic mass is 9.71. The Morgan fingerprint density at radius 3 is 2.42 bits per heavy atom. The van der Waals surface area contributed by atoms with Crippen LogP contribution in [0.25, 0.3) is 0 Å². The summed E-state index contributed by atoms with van der Waals surface area (Å²) >= 11 is 0. The summed E-state index contributed by atoms with van der Waals surface area (Å²) in [6.45, 7) is 6.12. The highest BCUT2D eigenvalue weighted by molar-refractivity contribution is 5.28. The Hall–Kier alpha value is -0.600. The van der Waals surface area contributed by atoms with Crippen LogP contribution in [0.15, 0.2) is 23.8 Å². The summed E-state index contributed by atoms with van der Waals surface area (Å²) in [5.41, 5.74) is 0.542. The summed E-state index contributed by atoms with van der Waals surface area (Å²) < 4.78 is 0. The molecule has 0 heterocycles. The minimum atomic E-state index is -1.33. The van der Waals surface area contributed by atoms with Crippen molar-refractivity contribution in [2.75, 3.05) is 0 Å². The van der Waals surface area contributed by atoms with E-state index in [1.54, 1.807) is 6.08 Å². The fraction of sp³-hybridized carbons (Fsp3) is 0.600. The quantitative estimate of drug-likeness (QED) is 0.582. The maximum atomic E-state index is 9.08. The molecule has 0 aromatic carbocycles. The minimum absolute atomic E-state index is 0.150. The van der Waals surface area contributed by atoms with Crippen LogP contribution in [0.4, 0.5) is 0 Å². The minimum Gasteiger partial charge on any atom is -0.365 e. The van der Waals surface area contributed by atoms with E-state index in [4.69, 9.17) is 10.2 Å². The maximum absolute atomic E-state index is 9.08. The van der Waals surface area contributed by atoms with E-state index in [-0.39, 0.29) is 5.41 Å². The van der Waals surface area contributed by atoms with E-state index < -0.39 is 6.29 Å². The Kier molecular flexibility index (Phi) is 2.40. The number of rotatable bonds is 1. The van der Waals surface area contributed by atoms with Crippen LogP contribution in [0, 0.1) is 11.3 Å². The van der Waals surface area contributed by atoms with Crippen molar-refractivity contribution in [3.05, 3.63) is 23.8 Å². The summed E-state index contributed by atoms with van der Waals surface area (Å²) in [4.78, 5) is 0. The third kappa shape index (κ3) is 1.45. The standard InChI is InChI=1S/C10H16O2/c1-7-5-4-6-8(9(11)12)10(7,2)3/h4-7,9,11-12H,1-3H3. The van der Waals surface area contributed by atoms with E-state index in [9.17, 15) is 0 Å². The Bertz CT molecular complexity index is 224. The zero-order valence-electron chi connectivity index (χ0n) is 7.78. The number of aliphatic hydroxyl groups excluding tert-OH is 1. The van der Waals surface area contributed by atoms with Gasteiger partial charge >= 0.3 is 0 Å². The largest absolute Gasteiger partial charge is 0.365 e. The van der Waals surface area contributed by atoms with Crippen LogP contribution >= 0.6 is 0 Å². The molecule has 2 heteroatoms. The molecule has 0 spiro atoms. The first-order valence-electron chi connectivity index (χ1n) is 4.21. The fourth-order valence-electron chi connectivity index (χ4n) is 1.46. The predicted molar refractivity (Wildman–Crippen MR) is 48.4 cm³/mol. The molecule has 12 heavy (non-hydrogen) atoms. The van der Waals surface area contributed by atoms with Gasteiger partial charge in [0.1, 0.15) is 0 Å². The van der Waals surface area contributed by atoms with Crippen molar-refractivity contribution >= 4 is 0 Å². The molecule has 1 rings (SSSR count). The molecule has 1 aliphatic carbocycles. The average Bonchev–Trinajstić information content (AvgIpc) is 1.94. The van der Waals surface area contributed by atoms with E-state index >= 15 is 0 Å². The third-order valence-corrected chi connectivity index (χ3v) is 2.84. The highest BCUT2D eigenvalue weighted by Gasteiger charge is 2.33. The van der Waals surface area contributed by atoms with Gasteiger partial charge in [-0.3, -0.25) is 0 Å². The molecule has 0 amide bonds. The van der Waals surface area contributed by atoms with Gasteiger partial charge in [0, 0.05) is 0 Å². The Labute approximate surface area is 73.2 Å².